The molecule has 0 fully saturated rings. The molecule has 0 bridgehead atoms. The van der Waals surface area contributed by atoms with Crippen LogP contribution in [-0.2, 0) is 0 Å². The zero-order valence-corrected chi connectivity index (χ0v) is 10.7. The van der Waals surface area contributed by atoms with Crippen molar-refractivity contribution in [3.05, 3.63) is 56.2 Å². The van der Waals surface area contributed by atoms with Crippen LogP contribution in [0.5, 0.6) is 0 Å². The maximum absolute atomic E-state index is 12.1. The minimum absolute atomic E-state index is 0.00523. The van der Waals surface area contributed by atoms with Gasteiger partial charge in [0.2, 0.25) is 0 Å². The lowest BCUT2D eigenvalue weighted by Gasteiger charge is -2.02. The molecular weight excluding hydrogens is 240 g/mol. The summed E-state index contributed by atoms with van der Waals surface area (Å²) in [6.45, 7) is 3.94. The van der Waals surface area contributed by atoms with E-state index in [9.17, 15) is 4.79 Å². The van der Waals surface area contributed by atoms with E-state index < -0.39 is 0 Å². The zero-order chi connectivity index (χ0) is 11.7. The first-order valence-corrected chi connectivity index (χ1v) is 6.19. The van der Waals surface area contributed by atoms with Gasteiger partial charge in [-0.3, -0.25) is 4.79 Å². The van der Waals surface area contributed by atoms with Crippen LogP contribution in [0.25, 0.3) is 0 Å². The first kappa shape index (κ1) is 11.4. The van der Waals surface area contributed by atoms with Gasteiger partial charge < -0.3 is 0 Å². The van der Waals surface area contributed by atoms with E-state index in [2.05, 4.69) is 0 Å². The van der Waals surface area contributed by atoms with E-state index >= 15 is 0 Å². The molecule has 0 saturated carbocycles. The van der Waals surface area contributed by atoms with Gasteiger partial charge in [0.1, 0.15) is 0 Å². The predicted molar refractivity (Wildman–Crippen MR) is 68.7 cm³/mol. The Hall–Kier alpha value is -1.12. The van der Waals surface area contributed by atoms with Crippen molar-refractivity contribution in [1.82, 2.24) is 0 Å². The molecule has 0 aliphatic heterocycles. The molecule has 0 unspecified atom stereocenters. The number of benzene rings is 1. The quantitative estimate of drug-likeness (QED) is 0.729. The Labute approximate surface area is 104 Å². The van der Waals surface area contributed by atoms with Gasteiger partial charge in [0.25, 0.3) is 0 Å². The number of halogens is 1. The van der Waals surface area contributed by atoms with E-state index in [0.29, 0.717) is 16.1 Å². The number of hydrogen-bond donors (Lipinski definition) is 0. The number of aryl methyl sites for hydroxylation is 2. The zero-order valence-electron chi connectivity index (χ0n) is 9.08. The molecule has 0 atom stereocenters. The second-order valence-corrected chi connectivity index (χ2v) is 5.28. The molecule has 2 rings (SSSR count). The van der Waals surface area contributed by atoms with Gasteiger partial charge in [-0.05, 0) is 37.6 Å². The summed E-state index contributed by atoms with van der Waals surface area (Å²) in [5, 5.41) is 2.39. The van der Waals surface area contributed by atoms with E-state index in [-0.39, 0.29) is 5.78 Å². The lowest BCUT2D eigenvalue weighted by atomic mass is 10.0. The van der Waals surface area contributed by atoms with E-state index in [1.165, 1.54) is 0 Å². The van der Waals surface area contributed by atoms with Crippen molar-refractivity contribution in [2.24, 2.45) is 0 Å². The molecule has 0 amide bonds. The first-order chi connectivity index (χ1) is 7.58. The highest BCUT2D eigenvalue weighted by Gasteiger charge is 2.13. The molecule has 3 heteroatoms. The maximum Gasteiger partial charge on any atom is 0.195 e. The number of hydrogen-bond acceptors (Lipinski definition) is 2. The van der Waals surface area contributed by atoms with Crippen LogP contribution in [0.3, 0.4) is 0 Å². The summed E-state index contributed by atoms with van der Waals surface area (Å²) in [5.74, 6) is -0.00523. The largest absolute Gasteiger partial charge is 0.289 e. The Balaban J connectivity index is 2.41. The molecule has 2 aromatic rings. The standard InChI is InChI=1S/C13H11ClOS/c1-8-3-4-11(12(14)5-8)13(15)10-6-9(2)16-7-10/h3-7H,1-2H3. The average molecular weight is 251 g/mol. The Bertz CT molecular complexity index is 543. The van der Waals surface area contributed by atoms with Crippen LogP contribution in [0.4, 0.5) is 0 Å². The van der Waals surface area contributed by atoms with Crippen LogP contribution < -0.4 is 0 Å². The smallest absolute Gasteiger partial charge is 0.195 e. The van der Waals surface area contributed by atoms with Gasteiger partial charge in [-0.25, -0.2) is 0 Å². The van der Waals surface area contributed by atoms with Gasteiger partial charge in [0.05, 0.1) is 5.02 Å². The van der Waals surface area contributed by atoms with Crippen molar-refractivity contribution >= 4 is 28.7 Å². The molecule has 0 aliphatic rings. The summed E-state index contributed by atoms with van der Waals surface area (Å²) in [6.07, 6.45) is 0. The molecule has 0 radical (unpaired) electrons. The van der Waals surface area contributed by atoms with E-state index in [1.807, 2.05) is 37.4 Å². The molecule has 1 aromatic carbocycles. The van der Waals surface area contributed by atoms with Crippen molar-refractivity contribution in [3.63, 3.8) is 0 Å². The van der Waals surface area contributed by atoms with Crippen LogP contribution in [0.2, 0.25) is 5.02 Å². The highest BCUT2D eigenvalue weighted by atomic mass is 35.5. The Morgan fingerprint density at radius 3 is 2.56 bits per heavy atom. The third kappa shape index (κ3) is 2.18. The van der Waals surface area contributed by atoms with Gasteiger partial charge >= 0.3 is 0 Å². The molecule has 1 nitrogen and oxygen atoms in total. The second kappa shape index (κ2) is 4.40. The maximum atomic E-state index is 12.1. The van der Waals surface area contributed by atoms with E-state index in [0.717, 1.165) is 10.4 Å². The van der Waals surface area contributed by atoms with Gasteiger partial charge in [0, 0.05) is 21.4 Å². The average Bonchev–Trinajstić information content (AvgIpc) is 2.64. The van der Waals surface area contributed by atoms with E-state index in [4.69, 9.17) is 11.6 Å². The SMILES string of the molecule is Cc1ccc(C(=O)c2csc(C)c2)c(Cl)c1. The number of carbonyl (C=O) groups excluding carboxylic acids is 1. The second-order valence-electron chi connectivity index (χ2n) is 3.76. The molecule has 16 heavy (non-hydrogen) atoms. The van der Waals surface area contributed by atoms with Crippen LogP contribution in [-0.4, -0.2) is 5.78 Å². The van der Waals surface area contributed by atoms with Crippen molar-refractivity contribution in [1.29, 1.82) is 0 Å². The monoisotopic (exact) mass is 250 g/mol. The fraction of sp³-hybridized carbons (Fsp3) is 0.154. The summed E-state index contributed by atoms with van der Waals surface area (Å²) >= 11 is 7.64. The Morgan fingerprint density at radius 2 is 2.00 bits per heavy atom. The summed E-state index contributed by atoms with van der Waals surface area (Å²) in [6, 6.07) is 7.39. The number of ketones is 1. The fourth-order valence-electron chi connectivity index (χ4n) is 1.52. The Kier molecular flexibility index (Phi) is 3.13. The third-order valence-electron chi connectivity index (χ3n) is 2.36. The van der Waals surface area contributed by atoms with Crippen molar-refractivity contribution < 1.29 is 4.79 Å². The van der Waals surface area contributed by atoms with Crippen LogP contribution in [0.15, 0.2) is 29.6 Å². The summed E-state index contributed by atoms with van der Waals surface area (Å²) in [5.41, 5.74) is 2.35. The lowest BCUT2D eigenvalue weighted by Crippen LogP contribution is -2.00. The fourth-order valence-corrected chi connectivity index (χ4v) is 2.53. The van der Waals surface area contributed by atoms with Crippen LogP contribution in [0, 0.1) is 13.8 Å². The highest BCUT2D eigenvalue weighted by Crippen LogP contribution is 2.23. The molecule has 0 saturated heterocycles. The normalized spacial score (nSPS) is 10.4. The van der Waals surface area contributed by atoms with Crippen molar-refractivity contribution in [3.8, 4) is 0 Å². The van der Waals surface area contributed by atoms with Crippen LogP contribution in [0.1, 0.15) is 26.4 Å². The van der Waals surface area contributed by atoms with Gasteiger partial charge in [-0.1, -0.05) is 17.7 Å². The molecule has 0 N–H and O–H groups in total. The molecule has 1 aromatic heterocycles. The van der Waals surface area contributed by atoms with Crippen molar-refractivity contribution in [2.45, 2.75) is 13.8 Å². The molecule has 0 aliphatic carbocycles. The summed E-state index contributed by atoms with van der Waals surface area (Å²) < 4.78 is 0. The molecule has 1 heterocycles. The van der Waals surface area contributed by atoms with Crippen molar-refractivity contribution in [2.75, 3.05) is 0 Å². The highest BCUT2D eigenvalue weighted by molar-refractivity contribution is 7.10. The van der Waals surface area contributed by atoms with Crippen LogP contribution >= 0.6 is 22.9 Å². The number of thiophene rings is 1. The van der Waals surface area contributed by atoms with E-state index in [1.54, 1.807) is 17.4 Å². The Morgan fingerprint density at radius 1 is 1.25 bits per heavy atom. The molecule has 0 spiro atoms. The molecular formula is C13H11ClOS. The lowest BCUT2D eigenvalue weighted by molar-refractivity contribution is 0.103. The molecule has 82 valence electrons. The topological polar surface area (TPSA) is 17.1 Å². The van der Waals surface area contributed by atoms with Gasteiger partial charge in [-0.2, -0.15) is 0 Å². The minimum atomic E-state index is -0.00523. The summed E-state index contributed by atoms with van der Waals surface area (Å²) in [7, 11) is 0. The number of carbonyl (C=O) groups is 1. The third-order valence-corrected chi connectivity index (χ3v) is 3.54. The minimum Gasteiger partial charge on any atom is -0.289 e. The summed E-state index contributed by atoms with van der Waals surface area (Å²) in [4.78, 5) is 13.2. The number of rotatable bonds is 2. The van der Waals surface area contributed by atoms with Gasteiger partial charge in [0.15, 0.2) is 5.78 Å². The predicted octanol–water partition coefficient (Wildman–Crippen LogP) is 4.25. The van der Waals surface area contributed by atoms with Gasteiger partial charge in [-0.15, -0.1) is 11.3 Å². The first-order valence-electron chi connectivity index (χ1n) is 4.94.